The first-order chi connectivity index (χ1) is 9.45. The highest BCUT2D eigenvalue weighted by Gasteiger charge is 2.06. The Morgan fingerprint density at radius 1 is 0.850 bits per heavy atom. The van der Waals surface area contributed by atoms with Gasteiger partial charge in [-0.25, -0.2) is 0 Å². The molecule has 1 radical (unpaired) electrons. The van der Waals surface area contributed by atoms with Gasteiger partial charge in [0.1, 0.15) is 0 Å². The summed E-state index contributed by atoms with van der Waals surface area (Å²) in [5.74, 6) is 2.66. The normalized spacial score (nSPS) is 15.7. The third-order valence-corrected chi connectivity index (χ3v) is 4.40. The van der Waals surface area contributed by atoms with Crippen LogP contribution in [0, 0.1) is 24.2 Å². The van der Waals surface area contributed by atoms with Gasteiger partial charge in [0, 0.05) is 0 Å². The predicted molar refractivity (Wildman–Crippen MR) is 93.8 cm³/mol. The van der Waals surface area contributed by atoms with E-state index in [9.17, 15) is 0 Å². The minimum atomic E-state index is 0.863. The van der Waals surface area contributed by atoms with Crippen LogP contribution in [-0.4, -0.2) is 0 Å². The lowest BCUT2D eigenvalue weighted by Gasteiger charge is -2.15. The molecule has 0 aromatic rings. The molecule has 20 heavy (non-hydrogen) atoms. The molecule has 0 fully saturated rings. The highest BCUT2D eigenvalue weighted by atomic mass is 14.1. The van der Waals surface area contributed by atoms with Crippen molar-refractivity contribution >= 4 is 0 Å². The Kier molecular flexibility index (Phi) is 12.3. The molecular weight excluding hydrogens is 240 g/mol. The van der Waals surface area contributed by atoms with Gasteiger partial charge in [-0.05, 0) is 50.9 Å². The molecule has 0 nitrogen and oxygen atoms in total. The van der Waals surface area contributed by atoms with Crippen molar-refractivity contribution in [3.8, 4) is 0 Å². The molecule has 2 atom stereocenters. The number of rotatable bonds is 12. The van der Waals surface area contributed by atoms with Gasteiger partial charge in [0.15, 0.2) is 0 Å². The van der Waals surface area contributed by atoms with Gasteiger partial charge < -0.3 is 0 Å². The summed E-state index contributed by atoms with van der Waals surface area (Å²) in [4.78, 5) is 0. The minimum absolute atomic E-state index is 0.863. The lowest BCUT2D eigenvalue weighted by molar-refractivity contribution is 0.398. The van der Waals surface area contributed by atoms with Crippen LogP contribution in [0.25, 0.3) is 0 Å². The van der Waals surface area contributed by atoms with Crippen molar-refractivity contribution in [2.45, 2.75) is 92.9 Å². The van der Waals surface area contributed by atoms with E-state index < -0.39 is 0 Å². The molecule has 0 aliphatic rings. The molecule has 0 heterocycles. The maximum atomic E-state index is 2.46. The molecule has 0 rings (SSSR count). The van der Waals surface area contributed by atoms with E-state index in [2.05, 4.69) is 54.0 Å². The molecule has 0 N–H and O–H groups in total. The van der Waals surface area contributed by atoms with Gasteiger partial charge in [0.05, 0.1) is 0 Å². The summed E-state index contributed by atoms with van der Waals surface area (Å²) in [6, 6.07) is 0. The first-order valence-corrected chi connectivity index (χ1v) is 8.89. The maximum absolute atomic E-state index is 2.46. The topological polar surface area (TPSA) is 0 Å². The van der Waals surface area contributed by atoms with E-state index in [0.717, 1.165) is 17.8 Å². The summed E-state index contributed by atoms with van der Waals surface area (Å²) in [6.45, 7) is 13.9. The van der Waals surface area contributed by atoms with Crippen LogP contribution < -0.4 is 0 Å². The Morgan fingerprint density at radius 2 is 1.40 bits per heavy atom. The standard InChI is InChI=1S/C20H39/c1-7-18(4)12-9-14-20(6)16-10-15-19(5)13-8-11-17(2)3/h7,9,17,19-20H,8,10-16H2,1-6H3/b18-7+/t19-,20+/m1/s1. The zero-order valence-corrected chi connectivity index (χ0v) is 15.0. The number of hydrogen-bond acceptors (Lipinski definition) is 0. The SMILES string of the molecule is C/C=C(\C)C[CH]C[C@H](C)CCC[C@H](C)CCCC(C)C. The Hall–Kier alpha value is -0.260. The monoisotopic (exact) mass is 279 g/mol. The Labute approximate surface area is 129 Å². The number of allylic oxidation sites excluding steroid dienone is 2. The second-order valence-electron chi connectivity index (χ2n) is 7.33. The quantitative estimate of drug-likeness (QED) is 0.331. The van der Waals surface area contributed by atoms with Crippen molar-refractivity contribution in [2.75, 3.05) is 0 Å². The predicted octanol–water partition coefficient (Wildman–Crippen LogP) is 7.21. The van der Waals surface area contributed by atoms with Crippen LogP contribution in [0.1, 0.15) is 92.9 Å². The molecule has 0 unspecified atom stereocenters. The fourth-order valence-corrected chi connectivity index (χ4v) is 2.66. The molecule has 0 aliphatic carbocycles. The highest BCUT2D eigenvalue weighted by Crippen LogP contribution is 2.21. The van der Waals surface area contributed by atoms with Crippen molar-refractivity contribution in [2.24, 2.45) is 17.8 Å². The average Bonchev–Trinajstić information content (AvgIpc) is 2.38. The fourth-order valence-electron chi connectivity index (χ4n) is 2.66. The van der Waals surface area contributed by atoms with Gasteiger partial charge in [-0.2, -0.15) is 0 Å². The molecule has 0 amide bonds. The summed E-state index contributed by atoms with van der Waals surface area (Å²) in [7, 11) is 0. The summed E-state index contributed by atoms with van der Waals surface area (Å²) < 4.78 is 0. The molecule has 0 saturated heterocycles. The molecule has 0 aliphatic heterocycles. The third kappa shape index (κ3) is 12.8. The second kappa shape index (κ2) is 12.5. The van der Waals surface area contributed by atoms with Gasteiger partial charge in [0.2, 0.25) is 0 Å². The largest absolute Gasteiger partial charge is 0.0887 e. The smallest absolute Gasteiger partial charge is 0.0292 e. The molecule has 0 spiro atoms. The lowest BCUT2D eigenvalue weighted by Crippen LogP contribution is -2.00. The van der Waals surface area contributed by atoms with Crippen LogP contribution >= 0.6 is 0 Å². The van der Waals surface area contributed by atoms with Crippen molar-refractivity contribution < 1.29 is 0 Å². The fraction of sp³-hybridized carbons (Fsp3) is 0.850. The van der Waals surface area contributed by atoms with Crippen molar-refractivity contribution in [1.29, 1.82) is 0 Å². The van der Waals surface area contributed by atoms with E-state index in [0.29, 0.717) is 0 Å². The van der Waals surface area contributed by atoms with Gasteiger partial charge in [-0.15, -0.1) is 0 Å². The van der Waals surface area contributed by atoms with Crippen molar-refractivity contribution in [3.63, 3.8) is 0 Å². The van der Waals surface area contributed by atoms with E-state index in [1.54, 1.807) is 0 Å². The molecule has 0 heteroatoms. The minimum Gasteiger partial charge on any atom is -0.0887 e. The summed E-state index contributed by atoms with van der Waals surface area (Å²) in [5.41, 5.74) is 1.50. The van der Waals surface area contributed by atoms with E-state index in [1.165, 1.54) is 56.9 Å². The zero-order chi connectivity index (χ0) is 15.4. The maximum Gasteiger partial charge on any atom is -0.0292 e. The van der Waals surface area contributed by atoms with E-state index in [4.69, 9.17) is 0 Å². The molecule has 119 valence electrons. The Bertz CT molecular complexity index is 236. The van der Waals surface area contributed by atoms with Crippen LogP contribution in [0.4, 0.5) is 0 Å². The van der Waals surface area contributed by atoms with Crippen LogP contribution in [0.15, 0.2) is 11.6 Å². The van der Waals surface area contributed by atoms with Crippen LogP contribution in [0.5, 0.6) is 0 Å². The van der Waals surface area contributed by atoms with Crippen LogP contribution in [-0.2, 0) is 0 Å². The van der Waals surface area contributed by atoms with Gasteiger partial charge in [-0.3, -0.25) is 0 Å². The first kappa shape index (κ1) is 19.7. The Balaban J connectivity index is 3.48. The van der Waals surface area contributed by atoms with Crippen LogP contribution in [0.2, 0.25) is 0 Å². The highest BCUT2D eigenvalue weighted by molar-refractivity contribution is 4.99. The molecule has 0 saturated carbocycles. The first-order valence-electron chi connectivity index (χ1n) is 8.89. The molecule has 0 aromatic heterocycles. The van der Waals surface area contributed by atoms with E-state index in [-0.39, 0.29) is 0 Å². The molecular formula is C20H39. The molecule has 0 bridgehead atoms. The summed E-state index contributed by atoms with van der Waals surface area (Å²) in [6.07, 6.45) is 15.6. The summed E-state index contributed by atoms with van der Waals surface area (Å²) in [5, 5.41) is 0. The molecule has 0 aromatic carbocycles. The number of hydrogen-bond donors (Lipinski definition) is 0. The zero-order valence-electron chi connectivity index (χ0n) is 15.0. The van der Waals surface area contributed by atoms with Gasteiger partial charge >= 0.3 is 0 Å². The van der Waals surface area contributed by atoms with Crippen LogP contribution in [0.3, 0.4) is 0 Å². The van der Waals surface area contributed by atoms with Crippen molar-refractivity contribution in [3.05, 3.63) is 18.1 Å². The van der Waals surface area contributed by atoms with Crippen molar-refractivity contribution in [1.82, 2.24) is 0 Å². The van der Waals surface area contributed by atoms with Gasteiger partial charge in [-0.1, -0.05) is 77.9 Å². The van der Waals surface area contributed by atoms with E-state index >= 15 is 0 Å². The Morgan fingerprint density at radius 3 is 1.95 bits per heavy atom. The average molecular weight is 280 g/mol. The second-order valence-corrected chi connectivity index (χ2v) is 7.33. The lowest BCUT2D eigenvalue weighted by atomic mass is 9.91. The summed E-state index contributed by atoms with van der Waals surface area (Å²) >= 11 is 0. The third-order valence-electron chi connectivity index (χ3n) is 4.40. The van der Waals surface area contributed by atoms with Gasteiger partial charge in [0.25, 0.3) is 0 Å². The van der Waals surface area contributed by atoms with E-state index in [1.807, 2.05) is 0 Å².